The Labute approximate surface area is 121 Å². The first kappa shape index (κ1) is 17.0. The van der Waals surface area contributed by atoms with Crippen LogP contribution in [-0.2, 0) is 0 Å². The molecule has 19 heavy (non-hydrogen) atoms. The Hall–Kier alpha value is -0.0800. The molecule has 1 fully saturated rings. The molecule has 0 amide bonds. The second kappa shape index (κ2) is 9.77. The summed E-state index contributed by atoms with van der Waals surface area (Å²) >= 11 is 0. The van der Waals surface area contributed by atoms with Crippen LogP contribution in [0.15, 0.2) is 0 Å². The van der Waals surface area contributed by atoms with Gasteiger partial charge in [0.05, 0.1) is 0 Å². The summed E-state index contributed by atoms with van der Waals surface area (Å²) in [5.74, 6) is 1.66. The van der Waals surface area contributed by atoms with E-state index in [1.54, 1.807) is 0 Å². The minimum atomic E-state index is 0.817. The maximum Gasteiger partial charge on any atom is 0.00680 e. The molecule has 0 aliphatic carbocycles. The summed E-state index contributed by atoms with van der Waals surface area (Å²) in [5.41, 5.74) is 0. The topological polar surface area (TPSA) is 15.3 Å². The van der Waals surface area contributed by atoms with Gasteiger partial charge in [0.1, 0.15) is 0 Å². The van der Waals surface area contributed by atoms with E-state index in [0.717, 1.165) is 17.9 Å². The summed E-state index contributed by atoms with van der Waals surface area (Å²) in [6, 6.07) is 0.817. The van der Waals surface area contributed by atoms with Gasteiger partial charge in [0.2, 0.25) is 0 Å². The third kappa shape index (κ3) is 8.65. The van der Waals surface area contributed by atoms with Crippen molar-refractivity contribution in [3.63, 3.8) is 0 Å². The Kier molecular flexibility index (Phi) is 8.72. The van der Waals surface area contributed by atoms with Crippen molar-refractivity contribution in [3.8, 4) is 0 Å². The molecule has 2 heteroatoms. The zero-order chi connectivity index (χ0) is 14.1. The molecule has 0 spiro atoms. The van der Waals surface area contributed by atoms with Gasteiger partial charge in [0.25, 0.3) is 0 Å². The van der Waals surface area contributed by atoms with Gasteiger partial charge >= 0.3 is 0 Å². The normalized spacial score (nSPS) is 20.1. The molecule has 0 radical (unpaired) electrons. The summed E-state index contributed by atoms with van der Waals surface area (Å²) in [4.78, 5) is 2.70. The Balaban J connectivity index is 2.17. The molecule has 114 valence electrons. The van der Waals surface area contributed by atoms with E-state index in [1.165, 1.54) is 64.7 Å². The van der Waals surface area contributed by atoms with Gasteiger partial charge in [-0.05, 0) is 76.5 Å². The molecule has 1 heterocycles. The highest BCUT2D eigenvalue weighted by atomic mass is 15.1. The molecule has 0 aromatic heterocycles. The molecule has 1 atom stereocenters. The van der Waals surface area contributed by atoms with E-state index in [1.807, 2.05) is 0 Å². The molecule has 0 bridgehead atoms. The Morgan fingerprint density at radius 3 is 2.11 bits per heavy atom. The van der Waals surface area contributed by atoms with Crippen molar-refractivity contribution in [2.75, 3.05) is 26.2 Å². The lowest BCUT2D eigenvalue weighted by atomic mass is 10.1. The van der Waals surface area contributed by atoms with Crippen LogP contribution in [0.2, 0.25) is 0 Å². The van der Waals surface area contributed by atoms with E-state index in [4.69, 9.17) is 0 Å². The van der Waals surface area contributed by atoms with Crippen molar-refractivity contribution < 1.29 is 0 Å². The van der Waals surface area contributed by atoms with Gasteiger partial charge in [-0.25, -0.2) is 0 Å². The van der Waals surface area contributed by atoms with Crippen LogP contribution in [0.3, 0.4) is 0 Å². The van der Waals surface area contributed by atoms with Crippen molar-refractivity contribution in [1.82, 2.24) is 10.2 Å². The highest BCUT2D eigenvalue weighted by Gasteiger charge is 2.14. The van der Waals surface area contributed by atoms with E-state index < -0.39 is 0 Å². The Morgan fingerprint density at radius 1 is 1.00 bits per heavy atom. The number of hydrogen-bond acceptors (Lipinski definition) is 2. The summed E-state index contributed by atoms with van der Waals surface area (Å²) in [6.07, 6.45) is 8.22. The lowest BCUT2D eigenvalue weighted by Gasteiger charge is -2.24. The third-order valence-electron chi connectivity index (χ3n) is 4.23. The molecular formula is C17H36N2. The van der Waals surface area contributed by atoms with Crippen LogP contribution in [0.5, 0.6) is 0 Å². The van der Waals surface area contributed by atoms with E-state index in [0.29, 0.717) is 0 Å². The van der Waals surface area contributed by atoms with Crippen LogP contribution in [-0.4, -0.2) is 37.1 Å². The van der Waals surface area contributed by atoms with Gasteiger partial charge in [-0.2, -0.15) is 0 Å². The van der Waals surface area contributed by atoms with Gasteiger partial charge < -0.3 is 10.2 Å². The van der Waals surface area contributed by atoms with E-state index in [-0.39, 0.29) is 0 Å². The third-order valence-corrected chi connectivity index (χ3v) is 4.23. The van der Waals surface area contributed by atoms with Crippen LogP contribution in [0.25, 0.3) is 0 Å². The molecule has 1 rings (SSSR count). The highest BCUT2D eigenvalue weighted by molar-refractivity contribution is 4.74. The molecule has 1 unspecified atom stereocenters. The molecule has 1 aliphatic rings. The van der Waals surface area contributed by atoms with Crippen LogP contribution >= 0.6 is 0 Å². The summed E-state index contributed by atoms with van der Waals surface area (Å²) in [7, 11) is 0. The number of rotatable bonds is 10. The standard InChI is InChI=1S/C17H36N2/c1-15(2)9-13-19(14-10-16(3)4)12-6-8-17-7-5-11-18-17/h15-18H,5-14H2,1-4H3. The largest absolute Gasteiger partial charge is 0.314 e. The average Bonchev–Trinajstić information content (AvgIpc) is 2.84. The molecule has 0 aromatic rings. The Morgan fingerprint density at radius 2 is 1.63 bits per heavy atom. The molecule has 1 N–H and O–H groups in total. The molecule has 1 saturated heterocycles. The number of hydrogen-bond donors (Lipinski definition) is 1. The second-order valence-corrected chi connectivity index (χ2v) is 7.14. The minimum absolute atomic E-state index is 0.817. The lowest BCUT2D eigenvalue weighted by Crippen LogP contribution is -2.30. The maximum absolute atomic E-state index is 3.61. The lowest BCUT2D eigenvalue weighted by molar-refractivity contribution is 0.236. The van der Waals surface area contributed by atoms with Gasteiger partial charge in [-0.3, -0.25) is 0 Å². The van der Waals surface area contributed by atoms with E-state index in [9.17, 15) is 0 Å². The predicted octanol–water partition coefficient (Wildman–Crippen LogP) is 3.91. The van der Waals surface area contributed by atoms with Crippen molar-refractivity contribution >= 4 is 0 Å². The second-order valence-electron chi connectivity index (χ2n) is 7.14. The molecule has 0 aromatic carbocycles. The van der Waals surface area contributed by atoms with Crippen molar-refractivity contribution in [2.45, 2.75) is 72.3 Å². The predicted molar refractivity (Wildman–Crippen MR) is 85.6 cm³/mol. The fraction of sp³-hybridized carbons (Fsp3) is 1.00. The molecular weight excluding hydrogens is 232 g/mol. The average molecular weight is 268 g/mol. The highest BCUT2D eigenvalue weighted by Crippen LogP contribution is 2.12. The van der Waals surface area contributed by atoms with E-state index >= 15 is 0 Å². The van der Waals surface area contributed by atoms with E-state index in [2.05, 4.69) is 37.9 Å². The smallest absolute Gasteiger partial charge is 0.00680 e. The minimum Gasteiger partial charge on any atom is -0.314 e. The summed E-state index contributed by atoms with van der Waals surface area (Å²) in [5, 5.41) is 3.61. The van der Waals surface area contributed by atoms with Crippen LogP contribution in [0.1, 0.15) is 66.2 Å². The van der Waals surface area contributed by atoms with Crippen LogP contribution < -0.4 is 5.32 Å². The van der Waals surface area contributed by atoms with Crippen molar-refractivity contribution in [3.05, 3.63) is 0 Å². The van der Waals surface area contributed by atoms with Crippen LogP contribution in [0, 0.1) is 11.8 Å². The first-order valence-electron chi connectivity index (χ1n) is 8.53. The number of nitrogens with one attached hydrogen (secondary N) is 1. The molecule has 1 aliphatic heterocycles. The quantitative estimate of drug-likeness (QED) is 0.646. The van der Waals surface area contributed by atoms with Gasteiger partial charge in [-0.1, -0.05) is 27.7 Å². The van der Waals surface area contributed by atoms with Gasteiger partial charge in [0.15, 0.2) is 0 Å². The number of nitrogens with zero attached hydrogens (tertiary/aromatic N) is 1. The SMILES string of the molecule is CC(C)CCN(CCCC1CCCN1)CCC(C)C. The van der Waals surface area contributed by atoms with Crippen molar-refractivity contribution in [2.24, 2.45) is 11.8 Å². The first-order chi connectivity index (χ1) is 9.08. The molecule has 2 nitrogen and oxygen atoms in total. The Bertz CT molecular complexity index is 195. The first-order valence-corrected chi connectivity index (χ1v) is 8.53. The van der Waals surface area contributed by atoms with Gasteiger partial charge in [0, 0.05) is 6.04 Å². The zero-order valence-corrected chi connectivity index (χ0v) is 13.8. The summed E-state index contributed by atoms with van der Waals surface area (Å²) < 4.78 is 0. The van der Waals surface area contributed by atoms with Gasteiger partial charge in [-0.15, -0.1) is 0 Å². The summed E-state index contributed by atoms with van der Waals surface area (Å²) in [6.45, 7) is 14.5. The fourth-order valence-corrected chi connectivity index (χ4v) is 2.78. The van der Waals surface area contributed by atoms with Crippen LogP contribution in [0.4, 0.5) is 0 Å². The monoisotopic (exact) mass is 268 g/mol. The maximum atomic E-state index is 3.61. The zero-order valence-electron chi connectivity index (χ0n) is 13.8. The van der Waals surface area contributed by atoms with Crippen molar-refractivity contribution in [1.29, 1.82) is 0 Å². The molecule has 0 saturated carbocycles. The fourth-order valence-electron chi connectivity index (χ4n) is 2.78.